The zero-order valence-corrected chi connectivity index (χ0v) is 15.3. The maximum absolute atomic E-state index is 12.6. The van der Waals surface area contributed by atoms with Crippen molar-refractivity contribution in [1.82, 2.24) is 4.72 Å². The number of nitro groups is 1. The fourth-order valence-corrected chi connectivity index (χ4v) is 3.77. The van der Waals surface area contributed by atoms with E-state index in [1.54, 1.807) is 32.9 Å². The Morgan fingerprint density at radius 3 is 2.15 bits per heavy atom. The van der Waals surface area contributed by atoms with Gasteiger partial charge in [-0.2, -0.15) is 0 Å². The van der Waals surface area contributed by atoms with Crippen LogP contribution in [0.3, 0.4) is 0 Å². The molecular weight excluding hydrogens is 358 g/mol. The molecule has 0 aliphatic carbocycles. The first-order chi connectivity index (χ1) is 12.0. The second-order valence-electron chi connectivity index (χ2n) is 6.61. The molecule has 2 aromatic rings. The molecule has 0 aromatic heterocycles. The highest BCUT2D eigenvalue weighted by Crippen LogP contribution is 2.23. The highest BCUT2D eigenvalue weighted by atomic mass is 32.2. The highest BCUT2D eigenvalue weighted by Gasteiger charge is 2.25. The van der Waals surface area contributed by atoms with Gasteiger partial charge in [0.25, 0.3) is 11.6 Å². The number of carbonyl (C=O) groups excluding carboxylic acids is 1. The van der Waals surface area contributed by atoms with E-state index in [-0.39, 0.29) is 21.8 Å². The van der Waals surface area contributed by atoms with Crippen LogP contribution in [0.1, 0.15) is 31.1 Å². The van der Waals surface area contributed by atoms with Gasteiger partial charge in [-0.3, -0.25) is 14.9 Å². The van der Waals surface area contributed by atoms with Gasteiger partial charge in [-0.05, 0) is 45.0 Å². The average Bonchev–Trinajstić information content (AvgIpc) is 2.53. The molecule has 2 rings (SSSR count). The van der Waals surface area contributed by atoms with E-state index in [1.807, 2.05) is 0 Å². The van der Waals surface area contributed by atoms with Crippen LogP contribution in [0.5, 0.6) is 0 Å². The number of para-hydroxylation sites is 1. The Morgan fingerprint density at radius 1 is 1.04 bits per heavy atom. The van der Waals surface area contributed by atoms with Crippen molar-refractivity contribution >= 4 is 27.3 Å². The standard InChI is InChI=1S/C17H19N3O5S/c1-17(2,3)19-26(24,25)15-7-5-4-6-14(15)18-16(21)12-8-10-13(11-9-12)20(22)23/h4-11,19H,1-3H3,(H,18,21). The zero-order chi connectivity index (χ0) is 19.5. The Balaban J connectivity index is 2.30. The van der Waals surface area contributed by atoms with E-state index in [0.29, 0.717) is 0 Å². The zero-order valence-electron chi connectivity index (χ0n) is 14.5. The van der Waals surface area contributed by atoms with Crippen LogP contribution in [0.15, 0.2) is 53.4 Å². The molecule has 0 aliphatic rings. The van der Waals surface area contributed by atoms with E-state index in [1.165, 1.54) is 36.4 Å². The molecule has 0 atom stereocenters. The van der Waals surface area contributed by atoms with Gasteiger partial charge in [-0.1, -0.05) is 12.1 Å². The summed E-state index contributed by atoms with van der Waals surface area (Å²) in [7, 11) is -3.85. The summed E-state index contributed by atoms with van der Waals surface area (Å²) in [5, 5.41) is 13.2. The lowest BCUT2D eigenvalue weighted by Crippen LogP contribution is -2.40. The number of hydrogen-bond acceptors (Lipinski definition) is 5. The number of rotatable bonds is 5. The van der Waals surface area contributed by atoms with Crippen molar-refractivity contribution in [1.29, 1.82) is 0 Å². The predicted octanol–water partition coefficient (Wildman–Crippen LogP) is 2.92. The van der Waals surface area contributed by atoms with E-state index in [9.17, 15) is 23.3 Å². The molecule has 0 spiro atoms. The summed E-state index contributed by atoms with van der Waals surface area (Å²) in [5.74, 6) is -0.571. The molecule has 2 aromatic carbocycles. The molecule has 0 fully saturated rings. The molecule has 0 bridgehead atoms. The van der Waals surface area contributed by atoms with Crippen LogP contribution in [-0.4, -0.2) is 24.8 Å². The third-order valence-electron chi connectivity index (χ3n) is 3.21. The summed E-state index contributed by atoms with van der Waals surface area (Å²) in [4.78, 5) is 22.4. The molecule has 2 N–H and O–H groups in total. The van der Waals surface area contributed by atoms with Crippen LogP contribution in [0.25, 0.3) is 0 Å². The molecule has 9 heteroatoms. The van der Waals surface area contributed by atoms with Crippen LogP contribution < -0.4 is 10.0 Å². The van der Waals surface area contributed by atoms with Gasteiger partial charge in [0.2, 0.25) is 10.0 Å². The minimum absolute atomic E-state index is 0.0646. The molecule has 0 radical (unpaired) electrons. The van der Waals surface area contributed by atoms with Crippen molar-refractivity contribution in [3.05, 3.63) is 64.2 Å². The van der Waals surface area contributed by atoms with E-state index >= 15 is 0 Å². The summed E-state index contributed by atoms with van der Waals surface area (Å²) in [6.45, 7) is 5.13. The SMILES string of the molecule is CC(C)(C)NS(=O)(=O)c1ccccc1NC(=O)c1ccc([N+](=O)[O-])cc1. The number of nitro benzene ring substituents is 1. The molecule has 0 saturated heterocycles. The molecule has 1 amide bonds. The quantitative estimate of drug-likeness (QED) is 0.613. The third-order valence-corrected chi connectivity index (χ3v) is 5.02. The van der Waals surface area contributed by atoms with Crippen molar-refractivity contribution in [2.45, 2.75) is 31.2 Å². The summed E-state index contributed by atoms with van der Waals surface area (Å²) < 4.78 is 27.7. The van der Waals surface area contributed by atoms with Crippen molar-refractivity contribution in [2.24, 2.45) is 0 Å². The number of anilines is 1. The van der Waals surface area contributed by atoms with Crippen LogP contribution in [-0.2, 0) is 10.0 Å². The molecular formula is C17H19N3O5S. The molecule has 0 aliphatic heterocycles. The van der Waals surface area contributed by atoms with Gasteiger partial charge >= 0.3 is 0 Å². The Kier molecular flexibility index (Phi) is 5.43. The molecule has 0 saturated carbocycles. The number of sulfonamides is 1. The number of hydrogen-bond donors (Lipinski definition) is 2. The van der Waals surface area contributed by atoms with Crippen LogP contribution in [0.2, 0.25) is 0 Å². The maximum Gasteiger partial charge on any atom is 0.269 e. The summed E-state index contributed by atoms with van der Waals surface area (Å²) >= 11 is 0. The Bertz CT molecular complexity index is 932. The Labute approximate surface area is 151 Å². The van der Waals surface area contributed by atoms with E-state index in [0.717, 1.165) is 0 Å². The fourth-order valence-electron chi connectivity index (χ4n) is 2.19. The number of non-ortho nitro benzene ring substituents is 1. The Hall–Kier alpha value is -2.78. The third kappa shape index (κ3) is 4.87. The van der Waals surface area contributed by atoms with Gasteiger partial charge in [0.1, 0.15) is 4.90 Å². The van der Waals surface area contributed by atoms with Crippen molar-refractivity contribution in [3.63, 3.8) is 0 Å². The first-order valence-electron chi connectivity index (χ1n) is 7.68. The van der Waals surface area contributed by atoms with Crippen LogP contribution in [0.4, 0.5) is 11.4 Å². The highest BCUT2D eigenvalue weighted by molar-refractivity contribution is 7.89. The molecule has 138 valence electrons. The predicted molar refractivity (Wildman–Crippen MR) is 97.6 cm³/mol. The van der Waals surface area contributed by atoms with Gasteiger partial charge in [-0.25, -0.2) is 13.1 Å². The fraction of sp³-hybridized carbons (Fsp3) is 0.235. The van der Waals surface area contributed by atoms with E-state index in [2.05, 4.69) is 10.0 Å². The number of amides is 1. The lowest BCUT2D eigenvalue weighted by molar-refractivity contribution is -0.384. The lowest BCUT2D eigenvalue weighted by Gasteiger charge is -2.21. The van der Waals surface area contributed by atoms with Crippen molar-refractivity contribution in [2.75, 3.05) is 5.32 Å². The number of carbonyl (C=O) groups is 1. The molecule has 26 heavy (non-hydrogen) atoms. The number of nitrogens with one attached hydrogen (secondary N) is 2. The maximum atomic E-state index is 12.6. The second-order valence-corrected chi connectivity index (χ2v) is 8.26. The van der Waals surface area contributed by atoms with Crippen LogP contribution in [0, 0.1) is 10.1 Å². The lowest BCUT2D eigenvalue weighted by atomic mass is 10.1. The smallest absolute Gasteiger partial charge is 0.269 e. The molecule has 0 heterocycles. The normalized spacial score (nSPS) is 11.8. The van der Waals surface area contributed by atoms with E-state index < -0.39 is 26.4 Å². The van der Waals surface area contributed by atoms with Gasteiger partial charge in [0, 0.05) is 23.2 Å². The first-order valence-corrected chi connectivity index (χ1v) is 9.17. The van der Waals surface area contributed by atoms with Crippen LogP contribution >= 0.6 is 0 Å². The molecule has 0 unspecified atom stereocenters. The average molecular weight is 377 g/mol. The number of nitrogens with zero attached hydrogens (tertiary/aromatic N) is 1. The van der Waals surface area contributed by atoms with Gasteiger partial charge < -0.3 is 5.32 Å². The second kappa shape index (κ2) is 7.22. The van der Waals surface area contributed by atoms with Gasteiger partial charge in [0.15, 0.2) is 0 Å². The van der Waals surface area contributed by atoms with Crippen molar-refractivity contribution in [3.8, 4) is 0 Å². The minimum Gasteiger partial charge on any atom is -0.321 e. The first kappa shape index (κ1) is 19.5. The van der Waals surface area contributed by atoms with Gasteiger partial charge in [-0.15, -0.1) is 0 Å². The topological polar surface area (TPSA) is 118 Å². The van der Waals surface area contributed by atoms with Crippen molar-refractivity contribution < 1.29 is 18.1 Å². The monoisotopic (exact) mass is 377 g/mol. The largest absolute Gasteiger partial charge is 0.321 e. The Morgan fingerprint density at radius 2 is 1.62 bits per heavy atom. The van der Waals surface area contributed by atoms with E-state index in [4.69, 9.17) is 0 Å². The minimum atomic E-state index is -3.85. The summed E-state index contributed by atoms with van der Waals surface area (Å²) in [6.07, 6.45) is 0. The summed E-state index contributed by atoms with van der Waals surface area (Å²) in [6, 6.07) is 11.0. The summed E-state index contributed by atoms with van der Waals surface area (Å²) in [5.41, 5.74) is -0.535. The molecule has 8 nitrogen and oxygen atoms in total. The number of benzene rings is 2. The van der Waals surface area contributed by atoms with Gasteiger partial charge in [0.05, 0.1) is 10.6 Å².